The van der Waals surface area contributed by atoms with E-state index in [0.717, 1.165) is 13.1 Å². The molecule has 3 nitrogen and oxygen atoms in total. The SMILES string of the molecule is CNCc1ccc(N2CCCC(N(C)C)C2)cc1Br. The molecule has 1 fully saturated rings. The van der Waals surface area contributed by atoms with E-state index in [2.05, 4.69) is 63.3 Å². The van der Waals surface area contributed by atoms with Crippen LogP contribution in [0.25, 0.3) is 0 Å². The Morgan fingerprint density at radius 1 is 1.42 bits per heavy atom. The lowest BCUT2D eigenvalue weighted by molar-refractivity contribution is 0.258. The van der Waals surface area contributed by atoms with Crippen molar-refractivity contribution in [2.75, 3.05) is 39.1 Å². The molecule has 4 heteroatoms. The van der Waals surface area contributed by atoms with Crippen molar-refractivity contribution in [1.82, 2.24) is 10.2 Å². The number of rotatable bonds is 4. The lowest BCUT2D eigenvalue weighted by atomic mass is 10.0. The van der Waals surface area contributed by atoms with E-state index in [4.69, 9.17) is 0 Å². The van der Waals surface area contributed by atoms with E-state index >= 15 is 0 Å². The highest BCUT2D eigenvalue weighted by atomic mass is 79.9. The Morgan fingerprint density at radius 3 is 2.84 bits per heavy atom. The van der Waals surface area contributed by atoms with Gasteiger partial charge in [-0.2, -0.15) is 0 Å². The second-order valence-corrected chi connectivity index (χ2v) is 6.37. The van der Waals surface area contributed by atoms with Crippen molar-refractivity contribution in [2.45, 2.75) is 25.4 Å². The molecule has 1 aliphatic rings. The van der Waals surface area contributed by atoms with E-state index in [1.807, 2.05) is 7.05 Å². The Labute approximate surface area is 125 Å². The lowest BCUT2D eigenvalue weighted by Crippen LogP contribution is -2.45. The van der Waals surface area contributed by atoms with Gasteiger partial charge in [0.2, 0.25) is 0 Å². The molecular formula is C15H24BrN3. The highest BCUT2D eigenvalue weighted by Crippen LogP contribution is 2.27. The van der Waals surface area contributed by atoms with E-state index in [-0.39, 0.29) is 0 Å². The molecule has 0 aliphatic carbocycles. The normalized spacial score (nSPS) is 20.1. The number of nitrogens with one attached hydrogen (secondary N) is 1. The van der Waals surface area contributed by atoms with Gasteiger partial charge in [-0.3, -0.25) is 0 Å². The molecule has 0 spiro atoms. The van der Waals surface area contributed by atoms with Crippen LogP contribution in [0.15, 0.2) is 22.7 Å². The third-order valence-corrected chi connectivity index (χ3v) is 4.63. The first-order valence-electron chi connectivity index (χ1n) is 6.96. The lowest BCUT2D eigenvalue weighted by Gasteiger charge is -2.37. The summed E-state index contributed by atoms with van der Waals surface area (Å²) in [6, 6.07) is 7.39. The molecule has 1 atom stereocenters. The van der Waals surface area contributed by atoms with E-state index in [0.29, 0.717) is 6.04 Å². The summed E-state index contributed by atoms with van der Waals surface area (Å²) in [6.45, 7) is 3.20. The Bertz CT molecular complexity index is 420. The summed E-state index contributed by atoms with van der Waals surface area (Å²) < 4.78 is 1.20. The zero-order valence-electron chi connectivity index (χ0n) is 12.1. The Morgan fingerprint density at radius 2 is 2.21 bits per heavy atom. The summed E-state index contributed by atoms with van der Waals surface area (Å²) >= 11 is 3.68. The minimum Gasteiger partial charge on any atom is -0.370 e. The van der Waals surface area contributed by atoms with Crippen molar-refractivity contribution in [3.8, 4) is 0 Å². The van der Waals surface area contributed by atoms with Crippen LogP contribution in [0.5, 0.6) is 0 Å². The van der Waals surface area contributed by atoms with Crippen LogP contribution in [0.2, 0.25) is 0 Å². The van der Waals surface area contributed by atoms with Crippen molar-refractivity contribution in [3.05, 3.63) is 28.2 Å². The fraction of sp³-hybridized carbons (Fsp3) is 0.600. The Kier molecular flexibility index (Phi) is 5.25. The standard InChI is InChI=1S/C15H24BrN3/c1-17-10-12-6-7-13(9-15(12)16)19-8-4-5-14(11-19)18(2)3/h6-7,9,14,17H,4-5,8,10-11H2,1-3H3. The van der Waals surface area contributed by atoms with Crippen LogP contribution in [-0.4, -0.2) is 45.2 Å². The van der Waals surface area contributed by atoms with Gasteiger partial charge in [0, 0.05) is 35.8 Å². The molecule has 0 radical (unpaired) electrons. The molecule has 1 heterocycles. The summed E-state index contributed by atoms with van der Waals surface area (Å²) in [5.74, 6) is 0. The third-order valence-electron chi connectivity index (χ3n) is 3.90. The van der Waals surface area contributed by atoms with Crippen LogP contribution in [-0.2, 0) is 6.54 Å². The molecule has 1 saturated heterocycles. The van der Waals surface area contributed by atoms with Crippen LogP contribution < -0.4 is 10.2 Å². The predicted molar refractivity (Wildman–Crippen MR) is 85.8 cm³/mol. The minimum atomic E-state index is 0.671. The number of hydrogen-bond acceptors (Lipinski definition) is 3. The second-order valence-electron chi connectivity index (χ2n) is 5.51. The van der Waals surface area contributed by atoms with Gasteiger partial charge in [-0.1, -0.05) is 22.0 Å². The molecule has 0 bridgehead atoms. The number of benzene rings is 1. The quantitative estimate of drug-likeness (QED) is 0.918. The third kappa shape index (κ3) is 3.71. The summed E-state index contributed by atoms with van der Waals surface area (Å²) in [5.41, 5.74) is 2.64. The van der Waals surface area contributed by atoms with Crippen LogP contribution >= 0.6 is 15.9 Å². The van der Waals surface area contributed by atoms with Gasteiger partial charge < -0.3 is 15.1 Å². The first kappa shape index (κ1) is 14.8. The van der Waals surface area contributed by atoms with Crippen molar-refractivity contribution >= 4 is 21.6 Å². The summed E-state index contributed by atoms with van der Waals surface area (Å²) in [7, 11) is 6.34. The predicted octanol–water partition coefficient (Wildman–Crippen LogP) is 2.70. The van der Waals surface area contributed by atoms with Crippen LogP contribution in [0, 0.1) is 0 Å². The maximum absolute atomic E-state index is 3.68. The zero-order valence-corrected chi connectivity index (χ0v) is 13.7. The second kappa shape index (κ2) is 6.73. The van der Waals surface area contributed by atoms with Crippen molar-refractivity contribution in [2.24, 2.45) is 0 Å². The highest BCUT2D eigenvalue weighted by Gasteiger charge is 2.21. The molecule has 1 aliphatic heterocycles. The van der Waals surface area contributed by atoms with Crippen molar-refractivity contribution in [3.63, 3.8) is 0 Å². The average molecular weight is 326 g/mol. The number of anilines is 1. The zero-order chi connectivity index (χ0) is 13.8. The molecule has 0 aromatic heterocycles. The first-order chi connectivity index (χ1) is 9.11. The fourth-order valence-corrected chi connectivity index (χ4v) is 3.18. The number of hydrogen-bond donors (Lipinski definition) is 1. The van der Waals surface area contributed by atoms with Gasteiger partial charge in [0.15, 0.2) is 0 Å². The molecular weight excluding hydrogens is 302 g/mol. The molecule has 1 aromatic rings. The summed E-state index contributed by atoms with van der Waals surface area (Å²) in [4.78, 5) is 4.85. The van der Waals surface area contributed by atoms with Crippen LogP contribution in [0.3, 0.4) is 0 Å². The molecule has 0 amide bonds. The van der Waals surface area contributed by atoms with E-state index in [9.17, 15) is 0 Å². The van der Waals surface area contributed by atoms with Crippen LogP contribution in [0.4, 0.5) is 5.69 Å². The fourth-order valence-electron chi connectivity index (χ4n) is 2.68. The Hall–Kier alpha value is -0.580. The summed E-state index contributed by atoms with van der Waals surface area (Å²) in [6.07, 6.45) is 2.58. The van der Waals surface area contributed by atoms with Gasteiger partial charge in [-0.05, 0) is 51.7 Å². The molecule has 1 unspecified atom stereocenters. The molecule has 1 N–H and O–H groups in total. The molecule has 19 heavy (non-hydrogen) atoms. The number of halogens is 1. The smallest absolute Gasteiger partial charge is 0.0378 e. The average Bonchev–Trinajstić information content (AvgIpc) is 2.41. The van der Waals surface area contributed by atoms with Crippen molar-refractivity contribution < 1.29 is 0 Å². The molecule has 1 aromatic carbocycles. The van der Waals surface area contributed by atoms with Gasteiger partial charge in [0.05, 0.1) is 0 Å². The molecule has 2 rings (SSSR count). The number of likely N-dealkylation sites (N-methyl/N-ethyl adjacent to an activating group) is 1. The highest BCUT2D eigenvalue weighted by molar-refractivity contribution is 9.10. The van der Waals surface area contributed by atoms with Gasteiger partial charge in [-0.15, -0.1) is 0 Å². The molecule has 106 valence electrons. The van der Waals surface area contributed by atoms with Crippen LogP contribution in [0.1, 0.15) is 18.4 Å². The molecule has 0 saturated carbocycles. The van der Waals surface area contributed by atoms with Gasteiger partial charge in [0.1, 0.15) is 0 Å². The van der Waals surface area contributed by atoms with Crippen molar-refractivity contribution in [1.29, 1.82) is 0 Å². The van der Waals surface area contributed by atoms with Gasteiger partial charge in [-0.25, -0.2) is 0 Å². The number of nitrogens with zero attached hydrogens (tertiary/aromatic N) is 2. The maximum Gasteiger partial charge on any atom is 0.0378 e. The summed E-state index contributed by atoms with van der Waals surface area (Å²) in [5, 5.41) is 3.20. The first-order valence-corrected chi connectivity index (χ1v) is 7.75. The van der Waals surface area contributed by atoms with Gasteiger partial charge >= 0.3 is 0 Å². The largest absolute Gasteiger partial charge is 0.370 e. The number of piperidine rings is 1. The van der Waals surface area contributed by atoms with Gasteiger partial charge in [0.25, 0.3) is 0 Å². The topological polar surface area (TPSA) is 18.5 Å². The monoisotopic (exact) mass is 325 g/mol. The van der Waals surface area contributed by atoms with E-state index < -0.39 is 0 Å². The van der Waals surface area contributed by atoms with E-state index in [1.165, 1.54) is 35.1 Å². The van der Waals surface area contributed by atoms with E-state index in [1.54, 1.807) is 0 Å². The minimum absolute atomic E-state index is 0.671. The Balaban J connectivity index is 2.11. The maximum atomic E-state index is 3.68.